The summed E-state index contributed by atoms with van der Waals surface area (Å²) in [6, 6.07) is 3.44. The van der Waals surface area contributed by atoms with E-state index >= 15 is 0 Å². The summed E-state index contributed by atoms with van der Waals surface area (Å²) >= 11 is 7.09. The third-order valence-corrected chi connectivity index (χ3v) is 4.80. The molecule has 2 N–H and O–H groups in total. The average Bonchev–Trinajstić information content (AvgIpc) is 2.76. The SMILES string of the molecule is CC1CCCC(CO)(NC(=O)c2ccc(Cl)s2)C1. The van der Waals surface area contributed by atoms with Crippen molar-refractivity contribution in [1.82, 2.24) is 5.32 Å². The van der Waals surface area contributed by atoms with Crippen LogP contribution in [-0.4, -0.2) is 23.2 Å². The van der Waals surface area contributed by atoms with Gasteiger partial charge in [0.05, 0.1) is 21.4 Å². The predicted octanol–water partition coefficient (Wildman–Crippen LogP) is 3.07. The Hall–Kier alpha value is -0.580. The molecule has 1 saturated carbocycles. The van der Waals surface area contributed by atoms with Gasteiger partial charge in [-0.05, 0) is 30.9 Å². The molecule has 1 aliphatic rings. The number of carbonyl (C=O) groups excluding carboxylic acids is 1. The number of aliphatic hydroxyl groups excluding tert-OH is 1. The average molecular weight is 288 g/mol. The highest BCUT2D eigenvalue weighted by Crippen LogP contribution is 2.32. The van der Waals surface area contributed by atoms with Crippen LogP contribution < -0.4 is 5.32 Å². The molecule has 0 saturated heterocycles. The Labute approximate surface area is 116 Å². The zero-order chi connectivity index (χ0) is 13.2. The topological polar surface area (TPSA) is 49.3 Å². The van der Waals surface area contributed by atoms with Crippen molar-refractivity contribution in [1.29, 1.82) is 0 Å². The van der Waals surface area contributed by atoms with Crippen molar-refractivity contribution < 1.29 is 9.90 Å². The van der Waals surface area contributed by atoms with E-state index in [1.54, 1.807) is 12.1 Å². The molecule has 0 spiro atoms. The predicted molar refractivity (Wildman–Crippen MR) is 74.2 cm³/mol. The van der Waals surface area contributed by atoms with Gasteiger partial charge in [0.2, 0.25) is 0 Å². The first-order valence-corrected chi connectivity index (χ1v) is 7.43. The number of hydrogen-bond acceptors (Lipinski definition) is 3. The third kappa shape index (κ3) is 3.05. The molecule has 0 radical (unpaired) electrons. The van der Waals surface area contributed by atoms with E-state index in [0.29, 0.717) is 15.1 Å². The molecule has 1 amide bonds. The van der Waals surface area contributed by atoms with Crippen LogP contribution >= 0.6 is 22.9 Å². The molecule has 1 heterocycles. The fraction of sp³-hybridized carbons (Fsp3) is 0.615. The van der Waals surface area contributed by atoms with Gasteiger partial charge >= 0.3 is 0 Å². The summed E-state index contributed by atoms with van der Waals surface area (Å²) < 4.78 is 0.607. The van der Waals surface area contributed by atoms with E-state index in [1.807, 2.05) is 0 Å². The van der Waals surface area contributed by atoms with E-state index in [-0.39, 0.29) is 12.5 Å². The second-order valence-electron chi connectivity index (χ2n) is 5.20. The van der Waals surface area contributed by atoms with E-state index in [2.05, 4.69) is 12.2 Å². The van der Waals surface area contributed by atoms with Crippen LogP contribution in [0.3, 0.4) is 0 Å². The fourth-order valence-electron chi connectivity index (χ4n) is 2.70. The number of hydrogen-bond donors (Lipinski definition) is 2. The number of amides is 1. The molecule has 18 heavy (non-hydrogen) atoms. The van der Waals surface area contributed by atoms with Crippen molar-refractivity contribution in [3.8, 4) is 0 Å². The first-order valence-electron chi connectivity index (χ1n) is 6.23. The minimum absolute atomic E-state index is 0.00217. The van der Waals surface area contributed by atoms with Gasteiger partial charge in [0, 0.05) is 0 Å². The molecule has 0 aliphatic heterocycles. The minimum atomic E-state index is -0.453. The summed E-state index contributed by atoms with van der Waals surface area (Å²) in [5.41, 5.74) is -0.453. The maximum absolute atomic E-state index is 12.1. The van der Waals surface area contributed by atoms with Gasteiger partial charge in [-0.15, -0.1) is 11.3 Å². The highest BCUT2D eigenvalue weighted by atomic mass is 35.5. The van der Waals surface area contributed by atoms with Crippen LogP contribution in [0, 0.1) is 5.92 Å². The summed E-state index contributed by atoms with van der Waals surface area (Å²) in [7, 11) is 0. The van der Waals surface area contributed by atoms with Crippen LogP contribution in [-0.2, 0) is 0 Å². The van der Waals surface area contributed by atoms with Crippen molar-refractivity contribution in [3.05, 3.63) is 21.3 Å². The maximum Gasteiger partial charge on any atom is 0.261 e. The Morgan fingerprint density at radius 3 is 3.00 bits per heavy atom. The number of aliphatic hydroxyl groups is 1. The Kier molecular flexibility index (Phi) is 4.30. The number of carbonyl (C=O) groups is 1. The molecule has 2 unspecified atom stereocenters. The summed E-state index contributed by atoms with van der Waals surface area (Å²) in [5, 5.41) is 12.6. The monoisotopic (exact) mass is 287 g/mol. The van der Waals surface area contributed by atoms with Crippen LogP contribution in [0.25, 0.3) is 0 Å². The minimum Gasteiger partial charge on any atom is -0.394 e. The highest BCUT2D eigenvalue weighted by molar-refractivity contribution is 7.18. The van der Waals surface area contributed by atoms with Gasteiger partial charge < -0.3 is 10.4 Å². The summed E-state index contributed by atoms with van der Waals surface area (Å²) in [6.45, 7) is 2.17. The molecule has 3 nitrogen and oxygen atoms in total. The molecule has 1 fully saturated rings. The van der Waals surface area contributed by atoms with Crippen molar-refractivity contribution in [2.24, 2.45) is 5.92 Å². The van der Waals surface area contributed by atoms with Crippen LogP contribution in [0.1, 0.15) is 42.3 Å². The van der Waals surface area contributed by atoms with E-state index in [1.165, 1.54) is 17.8 Å². The second-order valence-corrected chi connectivity index (χ2v) is 6.91. The van der Waals surface area contributed by atoms with Crippen LogP contribution in [0.2, 0.25) is 4.34 Å². The molecule has 100 valence electrons. The van der Waals surface area contributed by atoms with E-state index in [9.17, 15) is 9.90 Å². The van der Waals surface area contributed by atoms with Gasteiger partial charge in [0.15, 0.2) is 0 Å². The zero-order valence-electron chi connectivity index (χ0n) is 10.4. The Morgan fingerprint density at radius 2 is 2.44 bits per heavy atom. The second kappa shape index (κ2) is 5.59. The largest absolute Gasteiger partial charge is 0.394 e. The van der Waals surface area contributed by atoms with Crippen molar-refractivity contribution in [2.45, 2.75) is 38.1 Å². The molecule has 0 aromatic carbocycles. The maximum atomic E-state index is 12.1. The van der Waals surface area contributed by atoms with Gasteiger partial charge in [-0.2, -0.15) is 0 Å². The molecule has 0 bridgehead atoms. The summed E-state index contributed by atoms with van der Waals surface area (Å²) in [5.74, 6) is 0.410. The van der Waals surface area contributed by atoms with Gasteiger partial charge in [0.25, 0.3) is 5.91 Å². The lowest BCUT2D eigenvalue weighted by molar-refractivity contribution is 0.0700. The molecule has 2 rings (SSSR count). The van der Waals surface area contributed by atoms with Crippen LogP contribution in [0.5, 0.6) is 0 Å². The summed E-state index contributed by atoms with van der Waals surface area (Å²) in [4.78, 5) is 12.7. The first-order chi connectivity index (χ1) is 8.54. The highest BCUT2D eigenvalue weighted by Gasteiger charge is 2.36. The Bertz CT molecular complexity index is 434. The first kappa shape index (κ1) is 13.8. The van der Waals surface area contributed by atoms with Gasteiger partial charge in [-0.25, -0.2) is 0 Å². The third-order valence-electron chi connectivity index (χ3n) is 3.57. The van der Waals surface area contributed by atoms with E-state index < -0.39 is 5.54 Å². The summed E-state index contributed by atoms with van der Waals surface area (Å²) in [6.07, 6.45) is 3.91. The molecule has 1 aromatic rings. The molecule has 2 atom stereocenters. The number of nitrogens with one attached hydrogen (secondary N) is 1. The number of rotatable bonds is 3. The standard InChI is InChI=1S/C13H18ClNO2S/c1-9-3-2-6-13(7-9,8-16)15-12(17)10-4-5-11(14)18-10/h4-5,9,16H,2-3,6-8H2,1H3,(H,15,17). The normalized spacial score (nSPS) is 28.1. The number of halogens is 1. The van der Waals surface area contributed by atoms with E-state index in [4.69, 9.17) is 11.6 Å². The molecular formula is C13H18ClNO2S. The zero-order valence-corrected chi connectivity index (χ0v) is 12.0. The molecule has 5 heteroatoms. The molecular weight excluding hydrogens is 270 g/mol. The Balaban J connectivity index is 2.08. The van der Waals surface area contributed by atoms with E-state index in [0.717, 1.165) is 19.3 Å². The van der Waals surface area contributed by atoms with Crippen molar-refractivity contribution in [2.75, 3.05) is 6.61 Å². The quantitative estimate of drug-likeness (QED) is 0.898. The lowest BCUT2D eigenvalue weighted by Crippen LogP contribution is -2.53. The Morgan fingerprint density at radius 1 is 1.67 bits per heavy atom. The fourth-order valence-corrected chi connectivity index (χ4v) is 3.63. The molecule has 1 aromatic heterocycles. The smallest absolute Gasteiger partial charge is 0.261 e. The van der Waals surface area contributed by atoms with Gasteiger partial charge in [-0.1, -0.05) is 31.4 Å². The number of thiophene rings is 1. The van der Waals surface area contributed by atoms with Crippen molar-refractivity contribution >= 4 is 28.8 Å². The molecule has 1 aliphatic carbocycles. The lowest BCUT2D eigenvalue weighted by Gasteiger charge is -2.39. The van der Waals surface area contributed by atoms with Crippen LogP contribution in [0.4, 0.5) is 0 Å². The lowest BCUT2D eigenvalue weighted by atomic mass is 9.77. The van der Waals surface area contributed by atoms with Gasteiger partial charge in [0.1, 0.15) is 0 Å². The van der Waals surface area contributed by atoms with Crippen LogP contribution in [0.15, 0.2) is 12.1 Å². The van der Waals surface area contributed by atoms with Gasteiger partial charge in [-0.3, -0.25) is 4.79 Å². The van der Waals surface area contributed by atoms with Crippen molar-refractivity contribution in [3.63, 3.8) is 0 Å².